The van der Waals surface area contributed by atoms with Crippen molar-refractivity contribution >= 4 is 11.5 Å². The predicted octanol–water partition coefficient (Wildman–Crippen LogP) is 2.39. The Bertz CT molecular complexity index is 351. The minimum absolute atomic E-state index is 1.02. The predicted molar refractivity (Wildman–Crippen MR) is 49.8 cm³/mol. The molecule has 0 bridgehead atoms. The summed E-state index contributed by atoms with van der Waals surface area (Å²) >= 11 is 1.40. The van der Waals surface area contributed by atoms with Crippen LogP contribution in [0.1, 0.15) is 5.56 Å². The van der Waals surface area contributed by atoms with E-state index >= 15 is 0 Å². The first-order valence-electron chi connectivity index (χ1n) is 3.56. The molecule has 1 aromatic carbocycles. The SMILES string of the molecule is [CH2]c1ccc(-c2cnns2)cc1. The first-order valence-corrected chi connectivity index (χ1v) is 4.33. The maximum atomic E-state index is 3.82. The monoisotopic (exact) mass is 175 g/mol. The van der Waals surface area contributed by atoms with Crippen LogP contribution >= 0.6 is 11.5 Å². The van der Waals surface area contributed by atoms with Gasteiger partial charge >= 0.3 is 0 Å². The number of nitrogens with zero attached hydrogens (tertiary/aromatic N) is 2. The van der Waals surface area contributed by atoms with Crippen LogP contribution in [0.4, 0.5) is 0 Å². The second-order valence-electron chi connectivity index (χ2n) is 2.48. The van der Waals surface area contributed by atoms with Crippen LogP contribution in [0.3, 0.4) is 0 Å². The molecule has 0 saturated carbocycles. The third-order valence-corrected chi connectivity index (χ3v) is 2.31. The van der Waals surface area contributed by atoms with Gasteiger partial charge in [-0.05, 0) is 29.6 Å². The first kappa shape index (κ1) is 7.43. The molecule has 0 aliphatic carbocycles. The maximum Gasteiger partial charge on any atom is 0.0753 e. The molecule has 1 aromatic heterocycles. The summed E-state index contributed by atoms with van der Waals surface area (Å²) in [5.41, 5.74) is 2.17. The van der Waals surface area contributed by atoms with Crippen LogP contribution in [0.5, 0.6) is 0 Å². The first-order chi connectivity index (χ1) is 5.86. The van der Waals surface area contributed by atoms with E-state index in [1.54, 1.807) is 6.20 Å². The van der Waals surface area contributed by atoms with E-state index in [1.165, 1.54) is 11.5 Å². The van der Waals surface area contributed by atoms with Crippen LogP contribution in [-0.4, -0.2) is 9.59 Å². The van der Waals surface area contributed by atoms with Crippen LogP contribution in [-0.2, 0) is 0 Å². The van der Waals surface area contributed by atoms with Crippen LogP contribution in [0.2, 0.25) is 0 Å². The molecule has 0 aliphatic heterocycles. The second-order valence-corrected chi connectivity index (χ2v) is 3.26. The average molecular weight is 175 g/mol. The van der Waals surface area contributed by atoms with Gasteiger partial charge in [0.1, 0.15) is 0 Å². The maximum absolute atomic E-state index is 3.82. The Hall–Kier alpha value is -1.22. The van der Waals surface area contributed by atoms with Crippen molar-refractivity contribution in [1.82, 2.24) is 9.59 Å². The van der Waals surface area contributed by atoms with Gasteiger partial charge in [0, 0.05) is 0 Å². The Kier molecular flexibility index (Phi) is 1.87. The van der Waals surface area contributed by atoms with E-state index in [-0.39, 0.29) is 0 Å². The quantitative estimate of drug-likeness (QED) is 0.665. The fraction of sp³-hybridized carbons (Fsp3) is 0. The minimum atomic E-state index is 1.02. The van der Waals surface area contributed by atoms with Gasteiger partial charge in [0.05, 0.1) is 11.1 Å². The largest absolute Gasteiger partial charge is 0.146 e. The average Bonchev–Trinajstić information content (AvgIpc) is 2.58. The summed E-state index contributed by atoms with van der Waals surface area (Å²) in [4.78, 5) is 1.09. The van der Waals surface area contributed by atoms with Crippen molar-refractivity contribution in [2.45, 2.75) is 0 Å². The van der Waals surface area contributed by atoms with Crippen molar-refractivity contribution in [2.75, 3.05) is 0 Å². The third-order valence-electron chi connectivity index (χ3n) is 1.60. The highest BCUT2D eigenvalue weighted by molar-refractivity contribution is 7.09. The van der Waals surface area contributed by atoms with E-state index in [2.05, 4.69) is 16.5 Å². The minimum Gasteiger partial charge on any atom is -0.146 e. The third kappa shape index (κ3) is 1.36. The highest BCUT2D eigenvalue weighted by Gasteiger charge is 1.98. The lowest BCUT2D eigenvalue weighted by atomic mass is 10.1. The standard InChI is InChI=1S/C9H7N2S/c1-7-2-4-8(5-3-7)9-6-10-11-12-9/h2-6H,1H2. The highest BCUT2D eigenvalue weighted by Crippen LogP contribution is 2.21. The number of benzene rings is 1. The van der Waals surface area contributed by atoms with Gasteiger partial charge in [0.15, 0.2) is 0 Å². The molecular weight excluding hydrogens is 168 g/mol. The van der Waals surface area contributed by atoms with Crippen molar-refractivity contribution in [2.24, 2.45) is 0 Å². The van der Waals surface area contributed by atoms with Crippen LogP contribution in [0.15, 0.2) is 30.5 Å². The van der Waals surface area contributed by atoms with Gasteiger partial charge in [-0.1, -0.05) is 28.8 Å². The summed E-state index contributed by atoms with van der Waals surface area (Å²) in [5, 5.41) is 3.77. The molecule has 1 heterocycles. The lowest BCUT2D eigenvalue weighted by Gasteiger charge is -1.95. The highest BCUT2D eigenvalue weighted by atomic mass is 32.1. The number of aromatic nitrogens is 2. The lowest BCUT2D eigenvalue weighted by Crippen LogP contribution is -1.73. The summed E-state index contributed by atoms with van der Waals surface area (Å²) in [5.74, 6) is 0. The summed E-state index contributed by atoms with van der Waals surface area (Å²) < 4.78 is 3.80. The van der Waals surface area contributed by atoms with Gasteiger partial charge in [-0.25, -0.2) is 0 Å². The zero-order valence-corrected chi connectivity index (χ0v) is 7.21. The molecule has 2 aromatic rings. The molecule has 0 saturated heterocycles. The Morgan fingerprint density at radius 1 is 1.17 bits per heavy atom. The van der Waals surface area contributed by atoms with Crippen LogP contribution in [0.25, 0.3) is 10.4 Å². The molecule has 0 atom stereocenters. The van der Waals surface area contributed by atoms with E-state index in [1.807, 2.05) is 24.3 Å². The molecule has 0 spiro atoms. The van der Waals surface area contributed by atoms with Crippen molar-refractivity contribution < 1.29 is 0 Å². The molecule has 0 amide bonds. The van der Waals surface area contributed by atoms with Crippen molar-refractivity contribution in [1.29, 1.82) is 0 Å². The molecule has 1 radical (unpaired) electrons. The molecule has 2 nitrogen and oxygen atoms in total. The van der Waals surface area contributed by atoms with E-state index in [4.69, 9.17) is 0 Å². The van der Waals surface area contributed by atoms with Gasteiger partial charge in [-0.15, -0.1) is 5.10 Å². The van der Waals surface area contributed by atoms with E-state index in [0.717, 1.165) is 16.0 Å². The fourth-order valence-corrected chi connectivity index (χ4v) is 1.48. The zero-order chi connectivity index (χ0) is 8.39. The Morgan fingerprint density at radius 2 is 1.92 bits per heavy atom. The molecule has 3 heteroatoms. The molecule has 59 valence electrons. The lowest BCUT2D eigenvalue weighted by molar-refractivity contribution is 1.16. The summed E-state index contributed by atoms with van der Waals surface area (Å²) in [7, 11) is 0. The van der Waals surface area contributed by atoms with Crippen molar-refractivity contribution in [3.63, 3.8) is 0 Å². The van der Waals surface area contributed by atoms with E-state index in [0.29, 0.717) is 0 Å². The van der Waals surface area contributed by atoms with Gasteiger partial charge in [0.2, 0.25) is 0 Å². The van der Waals surface area contributed by atoms with Gasteiger partial charge in [-0.3, -0.25) is 0 Å². The number of rotatable bonds is 1. The summed E-state index contributed by atoms with van der Waals surface area (Å²) in [6.45, 7) is 3.82. The molecule has 0 N–H and O–H groups in total. The summed E-state index contributed by atoms with van der Waals surface area (Å²) in [6.07, 6.45) is 1.77. The Morgan fingerprint density at radius 3 is 2.50 bits per heavy atom. The normalized spacial score (nSPS) is 10.1. The topological polar surface area (TPSA) is 25.8 Å². The van der Waals surface area contributed by atoms with Crippen molar-refractivity contribution in [3.8, 4) is 10.4 Å². The second kappa shape index (κ2) is 3.03. The molecule has 0 unspecified atom stereocenters. The van der Waals surface area contributed by atoms with Crippen molar-refractivity contribution in [3.05, 3.63) is 42.9 Å². The van der Waals surface area contributed by atoms with E-state index < -0.39 is 0 Å². The van der Waals surface area contributed by atoms with Crippen LogP contribution in [0, 0.1) is 6.92 Å². The summed E-state index contributed by atoms with van der Waals surface area (Å²) in [6, 6.07) is 8.01. The van der Waals surface area contributed by atoms with E-state index in [9.17, 15) is 0 Å². The molecular formula is C9H7N2S. The number of hydrogen-bond acceptors (Lipinski definition) is 3. The molecule has 2 rings (SSSR count). The zero-order valence-electron chi connectivity index (χ0n) is 6.40. The molecule has 0 aliphatic rings. The molecule has 0 fully saturated rings. The van der Waals surface area contributed by atoms with Crippen LogP contribution < -0.4 is 0 Å². The Balaban J connectivity index is 2.43. The molecule has 12 heavy (non-hydrogen) atoms. The van der Waals surface area contributed by atoms with Gasteiger partial charge < -0.3 is 0 Å². The Labute approximate surface area is 75.0 Å². The van der Waals surface area contributed by atoms with Gasteiger partial charge in [0.25, 0.3) is 0 Å². The van der Waals surface area contributed by atoms with Gasteiger partial charge in [-0.2, -0.15) is 0 Å². The number of hydrogen-bond donors (Lipinski definition) is 0. The fourth-order valence-electron chi connectivity index (χ4n) is 0.963. The smallest absolute Gasteiger partial charge is 0.0753 e.